The highest BCUT2D eigenvalue weighted by Gasteiger charge is 2.07. The van der Waals surface area contributed by atoms with Crippen molar-refractivity contribution in [3.05, 3.63) is 59.9 Å². The minimum Gasteiger partial charge on any atom is -0.456 e. The Labute approximate surface area is 117 Å². The van der Waals surface area contributed by atoms with E-state index in [1.807, 2.05) is 18.2 Å². The lowest BCUT2D eigenvalue weighted by Crippen LogP contribution is -2.11. The molecule has 1 aromatic heterocycles. The summed E-state index contributed by atoms with van der Waals surface area (Å²) in [4.78, 5) is 0. The Balaban J connectivity index is 1.90. The molecule has 0 aliphatic carbocycles. The van der Waals surface area contributed by atoms with E-state index < -0.39 is 0 Å². The van der Waals surface area contributed by atoms with Crippen LogP contribution in [0.2, 0.25) is 0 Å². The van der Waals surface area contributed by atoms with Crippen LogP contribution >= 0.6 is 0 Å². The number of benzene rings is 2. The normalized spacial score (nSPS) is 11.1. The molecular weight excluding hydrogens is 253 g/mol. The number of fused-ring (bicyclic) bond motifs is 1. The molecule has 3 aromatic rings. The molecule has 0 bridgehead atoms. The lowest BCUT2D eigenvalue weighted by atomic mass is 10.1. The molecule has 0 radical (unpaired) electrons. The van der Waals surface area contributed by atoms with E-state index in [1.165, 1.54) is 17.7 Å². The summed E-state index contributed by atoms with van der Waals surface area (Å²) in [5.74, 6) is 0.520. The highest BCUT2D eigenvalue weighted by molar-refractivity contribution is 5.82. The van der Waals surface area contributed by atoms with Crippen LogP contribution in [-0.2, 0) is 6.54 Å². The van der Waals surface area contributed by atoms with Crippen molar-refractivity contribution >= 4 is 11.0 Å². The minimum absolute atomic E-state index is 0.245. The van der Waals surface area contributed by atoms with Gasteiger partial charge in [0.05, 0.1) is 0 Å². The third-order valence-corrected chi connectivity index (χ3v) is 3.30. The van der Waals surface area contributed by atoms with Crippen LogP contribution in [0.4, 0.5) is 4.39 Å². The Morgan fingerprint density at radius 3 is 2.60 bits per heavy atom. The molecule has 2 aromatic carbocycles. The fourth-order valence-electron chi connectivity index (χ4n) is 2.21. The Kier molecular flexibility index (Phi) is 3.52. The Morgan fingerprint density at radius 1 is 1.05 bits per heavy atom. The summed E-state index contributed by atoms with van der Waals surface area (Å²) in [7, 11) is 0. The fourth-order valence-corrected chi connectivity index (χ4v) is 2.21. The smallest absolute Gasteiger partial charge is 0.135 e. The van der Waals surface area contributed by atoms with E-state index in [-0.39, 0.29) is 5.82 Å². The van der Waals surface area contributed by atoms with Crippen LogP contribution in [0.1, 0.15) is 12.5 Å². The van der Waals surface area contributed by atoms with Crippen molar-refractivity contribution in [1.29, 1.82) is 0 Å². The molecule has 1 heterocycles. The van der Waals surface area contributed by atoms with Gasteiger partial charge in [-0.2, -0.15) is 0 Å². The highest BCUT2D eigenvalue weighted by Crippen LogP contribution is 2.28. The standard InChI is InChI=1S/C17H16FNO/c1-2-19-11-12-3-5-13(6-4-12)17-10-14-9-15(18)7-8-16(14)20-17/h3-10,19H,2,11H2,1H3. The van der Waals surface area contributed by atoms with Crippen LogP contribution in [0.25, 0.3) is 22.3 Å². The largest absolute Gasteiger partial charge is 0.456 e. The zero-order valence-corrected chi connectivity index (χ0v) is 11.3. The van der Waals surface area contributed by atoms with Gasteiger partial charge in [0.1, 0.15) is 17.2 Å². The second kappa shape index (κ2) is 5.47. The molecule has 0 aliphatic heterocycles. The summed E-state index contributed by atoms with van der Waals surface area (Å²) in [6.45, 7) is 3.90. The van der Waals surface area contributed by atoms with Gasteiger partial charge in [-0.05, 0) is 36.4 Å². The van der Waals surface area contributed by atoms with Crippen LogP contribution in [-0.4, -0.2) is 6.54 Å². The van der Waals surface area contributed by atoms with E-state index in [0.717, 1.165) is 29.8 Å². The van der Waals surface area contributed by atoms with Crippen molar-refractivity contribution in [2.45, 2.75) is 13.5 Å². The number of hydrogen-bond donors (Lipinski definition) is 1. The van der Waals surface area contributed by atoms with Crippen LogP contribution in [0, 0.1) is 5.82 Å². The van der Waals surface area contributed by atoms with E-state index in [2.05, 4.69) is 24.4 Å². The van der Waals surface area contributed by atoms with Gasteiger partial charge in [-0.15, -0.1) is 0 Å². The van der Waals surface area contributed by atoms with E-state index in [0.29, 0.717) is 5.58 Å². The van der Waals surface area contributed by atoms with Crippen LogP contribution in [0.3, 0.4) is 0 Å². The molecule has 102 valence electrons. The van der Waals surface area contributed by atoms with Crippen molar-refractivity contribution in [2.24, 2.45) is 0 Å². The van der Waals surface area contributed by atoms with Crippen molar-refractivity contribution in [3.8, 4) is 11.3 Å². The SMILES string of the molecule is CCNCc1ccc(-c2cc3cc(F)ccc3o2)cc1. The molecule has 3 rings (SSSR count). The second-order valence-corrected chi connectivity index (χ2v) is 4.77. The van der Waals surface area contributed by atoms with Gasteiger partial charge < -0.3 is 9.73 Å². The quantitative estimate of drug-likeness (QED) is 0.761. The maximum absolute atomic E-state index is 13.2. The minimum atomic E-state index is -0.245. The number of hydrogen-bond acceptors (Lipinski definition) is 2. The molecule has 0 aliphatic rings. The fraction of sp³-hybridized carbons (Fsp3) is 0.176. The summed E-state index contributed by atoms with van der Waals surface area (Å²) in [5.41, 5.74) is 2.94. The Hall–Kier alpha value is -2.13. The zero-order valence-electron chi connectivity index (χ0n) is 11.3. The molecule has 0 fully saturated rings. The van der Waals surface area contributed by atoms with Crippen LogP contribution in [0.15, 0.2) is 52.9 Å². The topological polar surface area (TPSA) is 25.2 Å². The van der Waals surface area contributed by atoms with Gasteiger partial charge in [-0.3, -0.25) is 0 Å². The maximum Gasteiger partial charge on any atom is 0.135 e. The molecule has 20 heavy (non-hydrogen) atoms. The van der Waals surface area contributed by atoms with Gasteiger partial charge in [0, 0.05) is 17.5 Å². The highest BCUT2D eigenvalue weighted by atomic mass is 19.1. The first-order valence-corrected chi connectivity index (χ1v) is 6.75. The molecule has 1 N–H and O–H groups in total. The third-order valence-electron chi connectivity index (χ3n) is 3.30. The number of furan rings is 1. The summed E-state index contributed by atoms with van der Waals surface area (Å²) < 4.78 is 18.9. The number of nitrogens with one attached hydrogen (secondary N) is 1. The molecule has 0 saturated heterocycles. The van der Waals surface area contributed by atoms with E-state index in [9.17, 15) is 4.39 Å². The van der Waals surface area contributed by atoms with E-state index in [1.54, 1.807) is 6.07 Å². The van der Waals surface area contributed by atoms with Gasteiger partial charge in [-0.1, -0.05) is 31.2 Å². The number of rotatable bonds is 4. The summed E-state index contributed by atoms with van der Waals surface area (Å²) in [6, 6.07) is 14.6. The second-order valence-electron chi connectivity index (χ2n) is 4.77. The first-order chi connectivity index (χ1) is 9.76. The molecule has 3 heteroatoms. The monoisotopic (exact) mass is 269 g/mol. The van der Waals surface area contributed by atoms with Gasteiger partial charge in [-0.25, -0.2) is 4.39 Å². The third kappa shape index (κ3) is 2.58. The predicted octanol–water partition coefficient (Wildman–Crippen LogP) is 4.35. The molecule has 0 saturated carbocycles. The van der Waals surface area contributed by atoms with Gasteiger partial charge >= 0.3 is 0 Å². The van der Waals surface area contributed by atoms with Gasteiger partial charge in [0.25, 0.3) is 0 Å². The van der Waals surface area contributed by atoms with Crippen molar-refractivity contribution in [3.63, 3.8) is 0 Å². The lowest BCUT2D eigenvalue weighted by molar-refractivity contribution is 0.619. The first-order valence-electron chi connectivity index (χ1n) is 6.75. The van der Waals surface area contributed by atoms with E-state index in [4.69, 9.17) is 4.42 Å². The average Bonchev–Trinajstić information content (AvgIpc) is 2.88. The molecule has 0 atom stereocenters. The van der Waals surface area contributed by atoms with Gasteiger partial charge in [0.15, 0.2) is 0 Å². The van der Waals surface area contributed by atoms with Crippen LogP contribution in [0.5, 0.6) is 0 Å². The van der Waals surface area contributed by atoms with Crippen molar-refractivity contribution in [2.75, 3.05) is 6.54 Å². The molecular formula is C17H16FNO. The Bertz CT molecular complexity index is 715. The maximum atomic E-state index is 13.2. The summed E-state index contributed by atoms with van der Waals surface area (Å²) in [5, 5.41) is 4.08. The first kappa shape index (κ1) is 12.9. The number of halogens is 1. The van der Waals surface area contributed by atoms with Gasteiger partial charge in [0.2, 0.25) is 0 Å². The zero-order chi connectivity index (χ0) is 13.9. The molecule has 0 unspecified atom stereocenters. The molecule has 2 nitrogen and oxygen atoms in total. The average molecular weight is 269 g/mol. The van der Waals surface area contributed by atoms with Crippen molar-refractivity contribution in [1.82, 2.24) is 5.32 Å². The van der Waals surface area contributed by atoms with E-state index >= 15 is 0 Å². The molecule has 0 amide bonds. The Morgan fingerprint density at radius 2 is 1.85 bits per heavy atom. The molecule has 0 spiro atoms. The van der Waals surface area contributed by atoms with Crippen molar-refractivity contribution < 1.29 is 8.81 Å². The lowest BCUT2D eigenvalue weighted by Gasteiger charge is -2.02. The summed E-state index contributed by atoms with van der Waals surface area (Å²) >= 11 is 0. The predicted molar refractivity (Wildman–Crippen MR) is 79.0 cm³/mol. The van der Waals surface area contributed by atoms with Crippen LogP contribution < -0.4 is 5.32 Å². The summed E-state index contributed by atoms with van der Waals surface area (Å²) in [6.07, 6.45) is 0.